The van der Waals surface area contributed by atoms with Crippen LogP contribution in [0.1, 0.15) is 5.56 Å². The third kappa shape index (κ3) is 2.07. The number of aryl methyl sites for hydroxylation is 2. The maximum atomic E-state index is 5.64. The van der Waals surface area contributed by atoms with Crippen molar-refractivity contribution in [2.24, 2.45) is 0 Å². The van der Waals surface area contributed by atoms with Gasteiger partial charge in [-0.25, -0.2) is 5.10 Å². The molecule has 0 aromatic carbocycles. The highest BCUT2D eigenvalue weighted by Gasteiger charge is 2.01. The summed E-state index contributed by atoms with van der Waals surface area (Å²) in [6.45, 7) is 3.40. The van der Waals surface area contributed by atoms with Gasteiger partial charge in [-0.3, -0.25) is 9.25 Å². The standard InChI is InChI=1S/C8H12N6S/c1-6-4-10-13(5-6)2-3-14-7(9)11-12-8(14)15/h4-5H,2-3H2,1H3,(H2,9,11)(H,12,15). The SMILES string of the molecule is Cc1cnn(CCn2c(N)n[nH]c2=S)c1. The first-order chi connectivity index (χ1) is 7.16. The molecule has 80 valence electrons. The molecular weight excluding hydrogens is 212 g/mol. The second-order valence-corrected chi connectivity index (χ2v) is 3.71. The fourth-order valence-electron chi connectivity index (χ4n) is 1.34. The quantitative estimate of drug-likeness (QED) is 0.753. The predicted octanol–water partition coefficient (Wildman–Crippen LogP) is 0.728. The minimum atomic E-state index is 0.406. The molecule has 0 spiro atoms. The Balaban J connectivity index is 2.08. The molecule has 0 amide bonds. The average molecular weight is 224 g/mol. The second kappa shape index (κ2) is 3.85. The number of nitrogens with one attached hydrogen (secondary N) is 1. The number of hydrogen-bond donors (Lipinski definition) is 2. The van der Waals surface area contributed by atoms with Gasteiger partial charge in [0.15, 0.2) is 4.77 Å². The molecule has 0 aliphatic carbocycles. The first-order valence-corrected chi connectivity index (χ1v) is 4.97. The van der Waals surface area contributed by atoms with Crippen LogP contribution in [-0.4, -0.2) is 24.5 Å². The summed E-state index contributed by atoms with van der Waals surface area (Å²) in [6, 6.07) is 0. The fraction of sp³-hybridized carbons (Fsp3) is 0.375. The van der Waals surface area contributed by atoms with E-state index in [0.717, 1.165) is 12.1 Å². The Morgan fingerprint density at radius 2 is 2.33 bits per heavy atom. The van der Waals surface area contributed by atoms with Crippen LogP contribution >= 0.6 is 12.2 Å². The van der Waals surface area contributed by atoms with E-state index in [-0.39, 0.29) is 0 Å². The van der Waals surface area contributed by atoms with Gasteiger partial charge in [-0.1, -0.05) is 0 Å². The van der Waals surface area contributed by atoms with E-state index < -0.39 is 0 Å². The molecule has 0 fully saturated rings. The summed E-state index contributed by atoms with van der Waals surface area (Å²) in [4.78, 5) is 0. The maximum absolute atomic E-state index is 5.64. The van der Waals surface area contributed by atoms with Crippen molar-refractivity contribution in [3.05, 3.63) is 22.7 Å². The third-order valence-electron chi connectivity index (χ3n) is 2.10. The van der Waals surface area contributed by atoms with Crippen LogP contribution in [0, 0.1) is 11.7 Å². The van der Waals surface area contributed by atoms with Crippen LogP contribution in [0.2, 0.25) is 0 Å². The summed E-state index contributed by atoms with van der Waals surface area (Å²) in [6.07, 6.45) is 3.79. The van der Waals surface area contributed by atoms with Crippen molar-refractivity contribution in [1.29, 1.82) is 0 Å². The molecule has 0 bridgehead atoms. The minimum Gasteiger partial charge on any atom is -0.368 e. The van der Waals surface area contributed by atoms with E-state index in [1.165, 1.54) is 0 Å². The monoisotopic (exact) mass is 224 g/mol. The van der Waals surface area contributed by atoms with Crippen LogP contribution in [-0.2, 0) is 13.1 Å². The smallest absolute Gasteiger partial charge is 0.220 e. The molecule has 2 heterocycles. The Kier molecular flexibility index (Phi) is 2.55. The van der Waals surface area contributed by atoms with Gasteiger partial charge in [0.2, 0.25) is 5.95 Å². The lowest BCUT2D eigenvalue weighted by atomic mass is 10.4. The number of anilines is 1. The molecule has 0 aliphatic heterocycles. The normalized spacial score (nSPS) is 10.7. The van der Waals surface area contributed by atoms with Gasteiger partial charge in [-0.2, -0.15) is 5.10 Å². The lowest BCUT2D eigenvalue weighted by Crippen LogP contribution is -2.10. The highest BCUT2D eigenvalue weighted by Crippen LogP contribution is 2.01. The summed E-state index contributed by atoms with van der Waals surface area (Å²) < 4.78 is 4.13. The first kappa shape index (κ1) is 9.91. The number of nitrogens with zero attached hydrogens (tertiary/aromatic N) is 4. The van der Waals surface area contributed by atoms with Crippen molar-refractivity contribution in [3.8, 4) is 0 Å². The second-order valence-electron chi connectivity index (χ2n) is 3.32. The van der Waals surface area contributed by atoms with Crippen LogP contribution in [0.4, 0.5) is 5.95 Å². The zero-order valence-corrected chi connectivity index (χ0v) is 9.16. The predicted molar refractivity (Wildman–Crippen MR) is 58.8 cm³/mol. The molecule has 7 heteroatoms. The van der Waals surface area contributed by atoms with Gasteiger partial charge >= 0.3 is 0 Å². The summed E-state index contributed by atoms with van der Waals surface area (Å²) in [7, 11) is 0. The Morgan fingerprint density at radius 3 is 2.87 bits per heavy atom. The van der Waals surface area contributed by atoms with Crippen LogP contribution < -0.4 is 5.73 Å². The van der Waals surface area contributed by atoms with E-state index in [2.05, 4.69) is 15.3 Å². The first-order valence-electron chi connectivity index (χ1n) is 4.56. The highest BCUT2D eigenvalue weighted by molar-refractivity contribution is 7.71. The van der Waals surface area contributed by atoms with Gasteiger partial charge in [0.05, 0.1) is 12.7 Å². The van der Waals surface area contributed by atoms with Crippen LogP contribution in [0.25, 0.3) is 0 Å². The number of nitrogens with two attached hydrogens (primary N) is 1. The van der Waals surface area contributed by atoms with Crippen molar-refractivity contribution in [2.45, 2.75) is 20.0 Å². The third-order valence-corrected chi connectivity index (χ3v) is 2.41. The van der Waals surface area contributed by atoms with Gasteiger partial charge in [-0.15, -0.1) is 5.10 Å². The Morgan fingerprint density at radius 1 is 1.53 bits per heavy atom. The number of aromatic amines is 1. The minimum absolute atomic E-state index is 0.406. The number of nitrogen functional groups attached to an aromatic ring is 1. The Labute approximate surface area is 91.7 Å². The van der Waals surface area contributed by atoms with Gasteiger partial charge < -0.3 is 5.73 Å². The largest absolute Gasteiger partial charge is 0.368 e. The summed E-state index contributed by atoms with van der Waals surface area (Å²) in [5.74, 6) is 0.406. The van der Waals surface area contributed by atoms with E-state index in [9.17, 15) is 0 Å². The number of aromatic nitrogens is 5. The van der Waals surface area contributed by atoms with Crippen molar-refractivity contribution in [3.63, 3.8) is 0 Å². The molecule has 2 rings (SSSR count). The van der Waals surface area contributed by atoms with Gasteiger partial charge in [-0.05, 0) is 24.7 Å². The van der Waals surface area contributed by atoms with Gasteiger partial charge in [0.1, 0.15) is 0 Å². The molecule has 0 saturated carbocycles. The fourth-order valence-corrected chi connectivity index (χ4v) is 1.57. The number of hydrogen-bond acceptors (Lipinski definition) is 4. The zero-order chi connectivity index (χ0) is 10.8. The van der Waals surface area contributed by atoms with E-state index in [0.29, 0.717) is 17.3 Å². The Hall–Kier alpha value is -1.63. The number of H-pyrrole nitrogens is 1. The molecule has 6 nitrogen and oxygen atoms in total. The topological polar surface area (TPSA) is 77.4 Å². The summed E-state index contributed by atoms with van der Waals surface area (Å²) in [5, 5.41) is 10.6. The van der Waals surface area contributed by atoms with Crippen molar-refractivity contribution >= 4 is 18.2 Å². The van der Waals surface area contributed by atoms with E-state index in [1.807, 2.05) is 24.0 Å². The zero-order valence-electron chi connectivity index (χ0n) is 8.34. The lowest BCUT2D eigenvalue weighted by Gasteiger charge is -2.03. The molecule has 15 heavy (non-hydrogen) atoms. The Bertz CT molecular complexity index is 507. The van der Waals surface area contributed by atoms with Gasteiger partial charge in [0.25, 0.3) is 0 Å². The van der Waals surface area contributed by atoms with Crippen molar-refractivity contribution in [2.75, 3.05) is 5.73 Å². The number of rotatable bonds is 3. The highest BCUT2D eigenvalue weighted by atomic mass is 32.1. The summed E-state index contributed by atoms with van der Waals surface area (Å²) >= 11 is 5.03. The molecule has 0 unspecified atom stereocenters. The molecular formula is C8H12N6S. The molecule has 3 N–H and O–H groups in total. The van der Waals surface area contributed by atoms with Crippen LogP contribution in [0.5, 0.6) is 0 Å². The summed E-state index contributed by atoms with van der Waals surface area (Å²) in [5.41, 5.74) is 6.77. The van der Waals surface area contributed by atoms with Crippen LogP contribution in [0.15, 0.2) is 12.4 Å². The average Bonchev–Trinajstić information content (AvgIpc) is 2.73. The molecule has 0 radical (unpaired) electrons. The van der Waals surface area contributed by atoms with E-state index in [4.69, 9.17) is 18.0 Å². The lowest BCUT2D eigenvalue weighted by molar-refractivity contribution is 0.533. The molecule has 0 saturated heterocycles. The molecule has 0 atom stereocenters. The maximum Gasteiger partial charge on any atom is 0.220 e. The van der Waals surface area contributed by atoms with E-state index >= 15 is 0 Å². The molecule has 0 aliphatic rings. The molecule has 2 aromatic heterocycles. The van der Waals surface area contributed by atoms with Crippen molar-refractivity contribution in [1.82, 2.24) is 24.5 Å². The van der Waals surface area contributed by atoms with Crippen LogP contribution in [0.3, 0.4) is 0 Å². The van der Waals surface area contributed by atoms with Crippen molar-refractivity contribution < 1.29 is 0 Å². The van der Waals surface area contributed by atoms with Gasteiger partial charge in [0, 0.05) is 12.7 Å². The van der Waals surface area contributed by atoms with E-state index in [1.54, 1.807) is 4.57 Å². The molecule has 2 aromatic rings.